The number of carboxylic acid groups (broad SMARTS) is 1. The molecule has 0 saturated carbocycles. The van der Waals surface area contributed by atoms with Crippen LogP contribution in [0.1, 0.15) is 58.3 Å². The van der Waals surface area contributed by atoms with Gasteiger partial charge in [0.15, 0.2) is 0 Å². The predicted molar refractivity (Wildman–Crippen MR) is 72.9 cm³/mol. The van der Waals surface area contributed by atoms with Crippen molar-refractivity contribution in [3.05, 3.63) is 0 Å². The lowest BCUT2D eigenvalue weighted by Gasteiger charge is -2.22. The smallest absolute Gasteiger partial charge is 0.406 e. The van der Waals surface area contributed by atoms with E-state index in [0.29, 0.717) is 11.3 Å². The monoisotopic (exact) mass is 311 g/mol. The first-order valence-electron chi connectivity index (χ1n) is 7.32. The highest BCUT2D eigenvalue weighted by Crippen LogP contribution is 2.17. The van der Waals surface area contributed by atoms with E-state index in [2.05, 4.69) is 6.92 Å². The van der Waals surface area contributed by atoms with Gasteiger partial charge in [-0.2, -0.15) is 13.2 Å². The summed E-state index contributed by atoms with van der Waals surface area (Å²) in [6, 6.07) is 0. The molecule has 0 aromatic heterocycles. The summed E-state index contributed by atoms with van der Waals surface area (Å²) in [7, 11) is 0. The summed E-state index contributed by atoms with van der Waals surface area (Å²) < 4.78 is 36.9. The topological polar surface area (TPSA) is 57.6 Å². The Labute approximate surface area is 123 Å². The molecule has 0 radical (unpaired) electrons. The molecule has 0 saturated heterocycles. The average molecular weight is 311 g/mol. The summed E-state index contributed by atoms with van der Waals surface area (Å²) in [5.41, 5.74) is 0. The van der Waals surface area contributed by atoms with Crippen LogP contribution < -0.4 is 0 Å². The lowest BCUT2D eigenvalue weighted by molar-refractivity contribution is -0.165. The van der Waals surface area contributed by atoms with Gasteiger partial charge in [0, 0.05) is 6.42 Å². The summed E-state index contributed by atoms with van der Waals surface area (Å²) in [5, 5.41) is 8.56. The van der Waals surface area contributed by atoms with E-state index in [1.165, 1.54) is 0 Å². The minimum Gasteiger partial charge on any atom is -0.480 e. The van der Waals surface area contributed by atoms with Gasteiger partial charge in [0.1, 0.15) is 13.1 Å². The molecule has 21 heavy (non-hydrogen) atoms. The van der Waals surface area contributed by atoms with Gasteiger partial charge in [-0.25, -0.2) is 0 Å². The largest absolute Gasteiger partial charge is 0.480 e. The van der Waals surface area contributed by atoms with Gasteiger partial charge in [-0.15, -0.1) is 0 Å². The summed E-state index contributed by atoms with van der Waals surface area (Å²) >= 11 is 0. The highest BCUT2D eigenvalue weighted by atomic mass is 19.4. The number of nitrogens with zero attached hydrogens (tertiary/aromatic N) is 1. The Balaban J connectivity index is 4.02. The van der Waals surface area contributed by atoms with Crippen molar-refractivity contribution >= 4 is 11.9 Å². The molecule has 0 spiro atoms. The number of amides is 1. The van der Waals surface area contributed by atoms with E-state index in [1.807, 2.05) is 0 Å². The van der Waals surface area contributed by atoms with E-state index in [4.69, 9.17) is 5.11 Å². The van der Waals surface area contributed by atoms with E-state index in [-0.39, 0.29) is 6.42 Å². The van der Waals surface area contributed by atoms with E-state index >= 15 is 0 Å². The van der Waals surface area contributed by atoms with Crippen LogP contribution in [0.25, 0.3) is 0 Å². The van der Waals surface area contributed by atoms with Crippen LogP contribution in [-0.2, 0) is 9.59 Å². The standard InChI is InChI=1S/C14H24F3NO3/c1-2-3-4-5-6-7-8-9-12(19)18(10-13(20)21)11-14(15,16)17/h2-11H2,1H3,(H,20,21). The second kappa shape index (κ2) is 10.5. The normalized spacial score (nSPS) is 11.4. The molecule has 0 aromatic carbocycles. The zero-order valence-corrected chi connectivity index (χ0v) is 12.4. The number of unbranched alkanes of at least 4 members (excludes halogenated alkanes) is 6. The molecule has 0 fully saturated rings. The number of alkyl halides is 3. The summed E-state index contributed by atoms with van der Waals surface area (Å²) in [6.07, 6.45) is 2.11. The Kier molecular flexibility index (Phi) is 9.82. The Bertz CT molecular complexity index is 319. The number of rotatable bonds is 11. The zero-order valence-electron chi connectivity index (χ0n) is 12.4. The number of halogens is 3. The molecule has 0 unspecified atom stereocenters. The molecule has 1 amide bonds. The van der Waals surface area contributed by atoms with Gasteiger partial charge in [0.05, 0.1) is 0 Å². The molecule has 0 aliphatic heterocycles. The van der Waals surface area contributed by atoms with Gasteiger partial charge in [-0.05, 0) is 6.42 Å². The fourth-order valence-electron chi connectivity index (χ4n) is 2.00. The van der Waals surface area contributed by atoms with Gasteiger partial charge < -0.3 is 10.0 Å². The Morgan fingerprint density at radius 2 is 1.52 bits per heavy atom. The second-order valence-electron chi connectivity index (χ2n) is 5.13. The molecular weight excluding hydrogens is 287 g/mol. The maximum Gasteiger partial charge on any atom is 0.406 e. The van der Waals surface area contributed by atoms with Crippen molar-refractivity contribution in [3.8, 4) is 0 Å². The van der Waals surface area contributed by atoms with Crippen LogP contribution in [0.3, 0.4) is 0 Å². The number of carbonyl (C=O) groups is 2. The number of carboxylic acids is 1. The highest BCUT2D eigenvalue weighted by molar-refractivity contribution is 5.81. The van der Waals surface area contributed by atoms with Crippen LogP contribution >= 0.6 is 0 Å². The number of hydrogen-bond acceptors (Lipinski definition) is 2. The number of carbonyl (C=O) groups excluding carboxylic acids is 1. The van der Waals surface area contributed by atoms with Crippen LogP contribution in [0.5, 0.6) is 0 Å². The molecule has 0 rings (SSSR count). The predicted octanol–water partition coefficient (Wildman–Crippen LogP) is 3.60. The minimum atomic E-state index is -4.58. The molecule has 7 heteroatoms. The molecule has 0 aromatic rings. The summed E-state index contributed by atoms with van der Waals surface area (Å²) in [6.45, 7) is -0.306. The Hall–Kier alpha value is -1.27. The first-order valence-corrected chi connectivity index (χ1v) is 7.32. The molecule has 0 aliphatic rings. The third-order valence-electron chi connectivity index (χ3n) is 3.04. The van der Waals surface area contributed by atoms with Crippen LogP contribution in [0.15, 0.2) is 0 Å². The number of hydrogen-bond donors (Lipinski definition) is 1. The van der Waals surface area contributed by atoms with E-state index < -0.39 is 31.1 Å². The van der Waals surface area contributed by atoms with Gasteiger partial charge >= 0.3 is 12.1 Å². The molecule has 4 nitrogen and oxygen atoms in total. The average Bonchev–Trinajstić information content (AvgIpc) is 2.34. The van der Waals surface area contributed by atoms with Gasteiger partial charge in [-0.1, -0.05) is 45.4 Å². The molecule has 1 N–H and O–H groups in total. The maximum absolute atomic E-state index is 12.3. The van der Waals surface area contributed by atoms with Crippen molar-refractivity contribution in [2.75, 3.05) is 13.1 Å². The maximum atomic E-state index is 12.3. The third-order valence-corrected chi connectivity index (χ3v) is 3.04. The Morgan fingerprint density at radius 1 is 1.00 bits per heavy atom. The third kappa shape index (κ3) is 12.2. The fraction of sp³-hybridized carbons (Fsp3) is 0.857. The molecule has 0 bridgehead atoms. The quantitative estimate of drug-likeness (QED) is 0.593. The minimum absolute atomic E-state index is 0.0306. The van der Waals surface area contributed by atoms with Crippen LogP contribution in [0.4, 0.5) is 13.2 Å². The van der Waals surface area contributed by atoms with Crippen molar-refractivity contribution in [1.29, 1.82) is 0 Å². The van der Waals surface area contributed by atoms with E-state index in [1.54, 1.807) is 0 Å². The summed E-state index contributed by atoms with van der Waals surface area (Å²) in [4.78, 5) is 22.5. The lowest BCUT2D eigenvalue weighted by Crippen LogP contribution is -2.41. The molecule has 0 aliphatic carbocycles. The van der Waals surface area contributed by atoms with Gasteiger partial charge in [0.2, 0.25) is 5.91 Å². The molecule has 0 heterocycles. The van der Waals surface area contributed by atoms with Crippen molar-refractivity contribution < 1.29 is 27.9 Å². The van der Waals surface area contributed by atoms with Crippen molar-refractivity contribution in [3.63, 3.8) is 0 Å². The van der Waals surface area contributed by atoms with E-state index in [9.17, 15) is 22.8 Å². The van der Waals surface area contributed by atoms with Crippen molar-refractivity contribution in [1.82, 2.24) is 4.90 Å². The zero-order chi connectivity index (χ0) is 16.3. The lowest BCUT2D eigenvalue weighted by atomic mass is 10.1. The van der Waals surface area contributed by atoms with Gasteiger partial charge in [0.25, 0.3) is 0 Å². The van der Waals surface area contributed by atoms with Crippen molar-refractivity contribution in [2.24, 2.45) is 0 Å². The first kappa shape index (κ1) is 19.7. The Morgan fingerprint density at radius 3 is 2.00 bits per heavy atom. The molecule has 0 atom stereocenters. The van der Waals surface area contributed by atoms with Gasteiger partial charge in [-0.3, -0.25) is 9.59 Å². The fourth-order valence-corrected chi connectivity index (χ4v) is 2.00. The summed E-state index contributed by atoms with van der Waals surface area (Å²) in [5.74, 6) is -2.18. The van der Waals surface area contributed by atoms with Crippen LogP contribution in [0.2, 0.25) is 0 Å². The highest BCUT2D eigenvalue weighted by Gasteiger charge is 2.33. The SMILES string of the molecule is CCCCCCCCCC(=O)N(CC(=O)O)CC(F)(F)F. The van der Waals surface area contributed by atoms with Crippen molar-refractivity contribution in [2.45, 2.75) is 64.5 Å². The number of aliphatic carboxylic acids is 1. The van der Waals surface area contributed by atoms with Crippen LogP contribution in [-0.4, -0.2) is 41.1 Å². The van der Waals surface area contributed by atoms with Crippen LogP contribution in [0, 0.1) is 0 Å². The molecule has 124 valence electrons. The molecular formula is C14H24F3NO3. The van der Waals surface area contributed by atoms with E-state index in [0.717, 1.165) is 38.5 Å². The second-order valence-corrected chi connectivity index (χ2v) is 5.13. The first-order chi connectivity index (χ1) is 9.76.